The van der Waals surface area contributed by atoms with Crippen LogP contribution in [0.1, 0.15) is 27.7 Å². The van der Waals surface area contributed by atoms with Crippen molar-refractivity contribution in [2.75, 3.05) is 26.4 Å². The van der Waals surface area contributed by atoms with Crippen molar-refractivity contribution >= 4 is 0 Å². The van der Waals surface area contributed by atoms with Gasteiger partial charge in [-0.05, 0) is 19.8 Å². The minimum atomic E-state index is -0.238. The van der Waals surface area contributed by atoms with Crippen LogP contribution in [0.4, 0.5) is 0 Å². The molecule has 13 heavy (non-hydrogen) atoms. The molecule has 0 saturated heterocycles. The van der Waals surface area contributed by atoms with Crippen LogP contribution in [0.15, 0.2) is 0 Å². The summed E-state index contributed by atoms with van der Waals surface area (Å²) in [4.78, 5) is 0. The topological polar surface area (TPSA) is 44.5 Å². The molecule has 0 atom stereocenters. The number of rotatable bonds is 7. The van der Waals surface area contributed by atoms with Gasteiger partial charge in [-0.3, -0.25) is 0 Å². The van der Waals surface area contributed by atoms with E-state index in [1.165, 1.54) is 0 Å². The van der Waals surface area contributed by atoms with Crippen LogP contribution in [-0.4, -0.2) is 32.0 Å². The van der Waals surface area contributed by atoms with Gasteiger partial charge in [0, 0.05) is 12.1 Å². The molecule has 0 aliphatic rings. The van der Waals surface area contributed by atoms with Crippen molar-refractivity contribution in [2.45, 2.75) is 33.2 Å². The Kier molecular flexibility index (Phi) is 6.29. The Hall–Kier alpha value is -0.120. The molecule has 0 amide bonds. The van der Waals surface area contributed by atoms with Gasteiger partial charge in [0.15, 0.2) is 0 Å². The number of ether oxygens (including phenoxy) is 2. The molecule has 0 aromatic rings. The lowest BCUT2D eigenvalue weighted by atomic mass is 10.1. The summed E-state index contributed by atoms with van der Waals surface area (Å²) < 4.78 is 10.7. The first-order valence-corrected chi connectivity index (χ1v) is 4.86. The van der Waals surface area contributed by atoms with Crippen LogP contribution >= 0.6 is 0 Å². The van der Waals surface area contributed by atoms with E-state index in [1.807, 2.05) is 13.8 Å². The van der Waals surface area contributed by atoms with Gasteiger partial charge in [-0.25, -0.2) is 0 Å². The molecule has 0 rings (SSSR count). The average Bonchev–Trinajstić information content (AvgIpc) is 1.93. The third-order valence-corrected chi connectivity index (χ3v) is 1.30. The van der Waals surface area contributed by atoms with Crippen LogP contribution in [0, 0.1) is 5.92 Å². The van der Waals surface area contributed by atoms with Crippen molar-refractivity contribution in [1.82, 2.24) is 0 Å². The highest BCUT2D eigenvalue weighted by molar-refractivity contribution is 4.69. The van der Waals surface area contributed by atoms with Crippen molar-refractivity contribution < 1.29 is 9.47 Å². The minimum absolute atomic E-state index is 0.238. The van der Waals surface area contributed by atoms with Gasteiger partial charge in [-0.2, -0.15) is 0 Å². The molecule has 3 nitrogen and oxygen atoms in total. The molecule has 0 bridgehead atoms. The highest BCUT2D eigenvalue weighted by Gasteiger charge is 2.09. The highest BCUT2D eigenvalue weighted by Crippen LogP contribution is 1.97. The predicted octanol–water partition coefficient (Wildman–Crippen LogP) is 1.41. The van der Waals surface area contributed by atoms with Crippen molar-refractivity contribution in [3.8, 4) is 0 Å². The van der Waals surface area contributed by atoms with Crippen LogP contribution in [-0.2, 0) is 9.47 Å². The number of hydrogen-bond acceptors (Lipinski definition) is 3. The molecule has 0 heterocycles. The molecule has 0 aromatic heterocycles. The van der Waals surface area contributed by atoms with Crippen molar-refractivity contribution in [1.29, 1.82) is 0 Å². The Morgan fingerprint density at radius 1 is 1.15 bits per heavy atom. The summed E-state index contributed by atoms with van der Waals surface area (Å²) in [5.74, 6) is 0.589. The van der Waals surface area contributed by atoms with Crippen LogP contribution in [0.2, 0.25) is 0 Å². The molecule has 0 spiro atoms. The lowest BCUT2D eigenvalue weighted by Gasteiger charge is -2.18. The Balaban J connectivity index is 3.09. The maximum Gasteiger partial charge on any atom is 0.0701 e. The first-order valence-electron chi connectivity index (χ1n) is 4.86. The Bertz CT molecular complexity index is 119. The zero-order valence-electron chi connectivity index (χ0n) is 9.30. The van der Waals surface area contributed by atoms with Crippen molar-refractivity contribution in [3.63, 3.8) is 0 Å². The van der Waals surface area contributed by atoms with Crippen molar-refractivity contribution in [3.05, 3.63) is 0 Å². The predicted molar refractivity (Wildman–Crippen MR) is 54.7 cm³/mol. The summed E-state index contributed by atoms with van der Waals surface area (Å²) in [5, 5.41) is 0. The lowest BCUT2D eigenvalue weighted by Crippen LogP contribution is -2.37. The molecule has 0 aliphatic heterocycles. The van der Waals surface area contributed by atoms with Gasteiger partial charge in [0.2, 0.25) is 0 Å². The van der Waals surface area contributed by atoms with Crippen LogP contribution in [0.3, 0.4) is 0 Å². The van der Waals surface area contributed by atoms with Gasteiger partial charge in [0.1, 0.15) is 0 Å². The highest BCUT2D eigenvalue weighted by atomic mass is 16.5. The second-order valence-electron chi connectivity index (χ2n) is 4.51. The average molecular weight is 189 g/mol. The smallest absolute Gasteiger partial charge is 0.0701 e. The molecule has 0 saturated carbocycles. The summed E-state index contributed by atoms with van der Waals surface area (Å²) >= 11 is 0. The maximum absolute atomic E-state index is 5.73. The fourth-order valence-corrected chi connectivity index (χ4v) is 0.772. The molecule has 0 aromatic carbocycles. The molecule has 3 heteroatoms. The van der Waals surface area contributed by atoms with Gasteiger partial charge in [0.05, 0.1) is 19.8 Å². The molecule has 0 unspecified atom stereocenters. The van der Waals surface area contributed by atoms with Crippen molar-refractivity contribution in [2.24, 2.45) is 11.7 Å². The summed E-state index contributed by atoms with van der Waals surface area (Å²) in [6.07, 6.45) is 0. The summed E-state index contributed by atoms with van der Waals surface area (Å²) in [5.41, 5.74) is 5.49. The van der Waals surface area contributed by atoms with Gasteiger partial charge < -0.3 is 15.2 Å². The third-order valence-electron chi connectivity index (χ3n) is 1.30. The summed E-state index contributed by atoms with van der Waals surface area (Å²) in [7, 11) is 0. The van der Waals surface area contributed by atoms with E-state index in [0.717, 1.165) is 6.61 Å². The van der Waals surface area contributed by atoms with E-state index in [-0.39, 0.29) is 5.54 Å². The van der Waals surface area contributed by atoms with E-state index in [0.29, 0.717) is 25.7 Å². The van der Waals surface area contributed by atoms with E-state index < -0.39 is 0 Å². The second-order valence-corrected chi connectivity index (χ2v) is 4.51. The standard InChI is InChI=1S/C10H23NO2/c1-9(2)7-12-5-6-13-8-10(3,4)11/h9H,5-8,11H2,1-4H3. The number of nitrogens with two attached hydrogens (primary N) is 1. The first kappa shape index (κ1) is 12.9. The lowest BCUT2D eigenvalue weighted by molar-refractivity contribution is 0.0247. The molecular formula is C10H23NO2. The van der Waals surface area contributed by atoms with Gasteiger partial charge >= 0.3 is 0 Å². The zero-order valence-corrected chi connectivity index (χ0v) is 9.30. The van der Waals surface area contributed by atoms with Crippen LogP contribution in [0.5, 0.6) is 0 Å². The van der Waals surface area contributed by atoms with Crippen LogP contribution in [0.25, 0.3) is 0 Å². The van der Waals surface area contributed by atoms with E-state index >= 15 is 0 Å². The monoisotopic (exact) mass is 189 g/mol. The molecule has 80 valence electrons. The summed E-state index contributed by atoms with van der Waals surface area (Å²) in [6.45, 7) is 10.8. The van der Waals surface area contributed by atoms with Crippen LogP contribution < -0.4 is 5.73 Å². The van der Waals surface area contributed by atoms with Gasteiger partial charge in [-0.15, -0.1) is 0 Å². The van der Waals surface area contributed by atoms with E-state index in [4.69, 9.17) is 15.2 Å². The van der Waals surface area contributed by atoms with E-state index in [1.54, 1.807) is 0 Å². The molecule has 0 aliphatic carbocycles. The molecule has 0 radical (unpaired) electrons. The Morgan fingerprint density at radius 2 is 1.69 bits per heavy atom. The Morgan fingerprint density at radius 3 is 2.15 bits per heavy atom. The zero-order chi connectivity index (χ0) is 10.3. The molecule has 2 N–H and O–H groups in total. The van der Waals surface area contributed by atoms with E-state index in [9.17, 15) is 0 Å². The molecule has 0 fully saturated rings. The summed E-state index contributed by atoms with van der Waals surface area (Å²) in [6, 6.07) is 0. The Labute approximate surface area is 81.6 Å². The minimum Gasteiger partial charge on any atom is -0.379 e. The fraction of sp³-hybridized carbons (Fsp3) is 1.00. The van der Waals surface area contributed by atoms with Gasteiger partial charge in [0.25, 0.3) is 0 Å². The fourth-order valence-electron chi connectivity index (χ4n) is 0.772. The maximum atomic E-state index is 5.73. The second kappa shape index (κ2) is 6.35. The quantitative estimate of drug-likeness (QED) is 0.616. The largest absolute Gasteiger partial charge is 0.379 e. The molecular weight excluding hydrogens is 166 g/mol. The first-order chi connectivity index (χ1) is 5.92. The van der Waals surface area contributed by atoms with Gasteiger partial charge in [-0.1, -0.05) is 13.8 Å². The third kappa shape index (κ3) is 11.9. The SMILES string of the molecule is CC(C)COCCOCC(C)(C)N. The normalized spacial score (nSPS) is 12.5. The van der Waals surface area contributed by atoms with E-state index in [2.05, 4.69) is 13.8 Å². The number of hydrogen-bond donors (Lipinski definition) is 1.